The summed E-state index contributed by atoms with van der Waals surface area (Å²) in [6, 6.07) is 1.22. The van der Waals surface area contributed by atoms with Crippen LogP contribution in [0.2, 0.25) is 0 Å². The minimum Gasteiger partial charge on any atom is -0.504 e. The summed E-state index contributed by atoms with van der Waals surface area (Å²) in [6.45, 7) is 0.845. The van der Waals surface area contributed by atoms with Gasteiger partial charge >= 0.3 is 0 Å². The summed E-state index contributed by atoms with van der Waals surface area (Å²) in [7, 11) is 0. The van der Waals surface area contributed by atoms with Gasteiger partial charge in [0.15, 0.2) is 17.3 Å². The number of nitrogens with one attached hydrogen (secondary N) is 1. The Morgan fingerprint density at radius 3 is 2.80 bits per heavy atom. The van der Waals surface area contributed by atoms with Crippen molar-refractivity contribution in [3.63, 3.8) is 0 Å². The van der Waals surface area contributed by atoms with E-state index in [2.05, 4.69) is 21.2 Å². The molecule has 15 heavy (non-hydrogen) atoms. The van der Waals surface area contributed by atoms with Gasteiger partial charge in [0.25, 0.3) is 0 Å². The molecule has 1 fully saturated rings. The van der Waals surface area contributed by atoms with E-state index in [1.165, 1.54) is 6.07 Å². The zero-order valence-electron chi connectivity index (χ0n) is 7.93. The second kappa shape index (κ2) is 3.98. The van der Waals surface area contributed by atoms with E-state index in [4.69, 9.17) is 0 Å². The first kappa shape index (κ1) is 10.7. The fourth-order valence-corrected chi connectivity index (χ4v) is 2.53. The van der Waals surface area contributed by atoms with E-state index in [1.807, 2.05) is 0 Å². The Hall–Kier alpha value is -0.810. The van der Waals surface area contributed by atoms with Gasteiger partial charge in [0.05, 0.1) is 0 Å². The molecule has 1 unspecified atom stereocenters. The average Bonchev–Trinajstić information content (AvgIpc) is 2.68. The average molecular weight is 276 g/mol. The van der Waals surface area contributed by atoms with Gasteiger partial charge in [0.1, 0.15) is 0 Å². The van der Waals surface area contributed by atoms with Crippen molar-refractivity contribution in [2.24, 2.45) is 0 Å². The van der Waals surface area contributed by atoms with Crippen molar-refractivity contribution in [3.8, 4) is 11.5 Å². The van der Waals surface area contributed by atoms with E-state index in [-0.39, 0.29) is 6.04 Å². The quantitative estimate of drug-likeness (QED) is 0.690. The zero-order chi connectivity index (χ0) is 11.0. The highest BCUT2D eigenvalue weighted by Gasteiger charge is 2.25. The summed E-state index contributed by atoms with van der Waals surface area (Å²) < 4.78 is 14.2. The van der Waals surface area contributed by atoms with Crippen LogP contribution < -0.4 is 5.32 Å². The lowest BCUT2D eigenvalue weighted by atomic mass is 10.0. The lowest BCUT2D eigenvalue weighted by Gasteiger charge is -2.15. The van der Waals surface area contributed by atoms with Crippen molar-refractivity contribution in [2.75, 3.05) is 6.54 Å². The fourth-order valence-electron chi connectivity index (χ4n) is 1.86. The molecule has 0 aromatic heterocycles. The molecule has 1 aliphatic heterocycles. The third-order valence-corrected chi connectivity index (χ3v) is 3.27. The molecule has 1 aliphatic rings. The standard InChI is InChI=1S/C10H11BrFNO2/c11-5-4-7(14)10(15)9(12)8(5)6-2-1-3-13-6/h4,6,13-15H,1-3H2. The summed E-state index contributed by atoms with van der Waals surface area (Å²) in [5.41, 5.74) is 0.391. The van der Waals surface area contributed by atoms with Gasteiger partial charge in [-0.3, -0.25) is 0 Å². The summed E-state index contributed by atoms with van der Waals surface area (Å²) in [4.78, 5) is 0. The Kier molecular flexibility index (Phi) is 2.84. The second-order valence-corrected chi connectivity index (χ2v) is 4.46. The molecule has 3 nitrogen and oxygen atoms in total. The second-order valence-electron chi connectivity index (χ2n) is 3.60. The SMILES string of the molecule is Oc1cc(Br)c(C2CCCN2)c(F)c1O. The van der Waals surface area contributed by atoms with Crippen molar-refractivity contribution in [1.82, 2.24) is 5.32 Å². The topological polar surface area (TPSA) is 52.5 Å². The highest BCUT2D eigenvalue weighted by Crippen LogP contribution is 2.40. The van der Waals surface area contributed by atoms with Crippen LogP contribution in [0.3, 0.4) is 0 Å². The van der Waals surface area contributed by atoms with Crippen LogP contribution in [0.15, 0.2) is 10.5 Å². The number of hydrogen-bond donors (Lipinski definition) is 3. The number of aromatic hydroxyl groups is 2. The monoisotopic (exact) mass is 275 g/mol. The Bertz CT molecular complexity index is 391. The molecule has 1 aromatic carbocycles. The summed E-state index contributed by atoms with van der Waals surface area (Å²) in [5, 5.41) is 21.6. The van der Waals surface area contributed by atoms with Crippen molar-refractivity contribution >= 4 is 15.9 Å². The summed E-state index contributed by atoms with van der Waals surface area (Å²) in [5.74, 6) is -1.87. The lowest BCUT2D eigenvalue weighted by molar-refractivity contribution is 0.373. The molecule has 2 rings (SSSR count). The lowest BCUT2D eigenvalue weighted by Crippen LogP contribution is -2.15. The predicted octanol–water partition coefficient (Wildman–Crippen LogP) is 2.42. The number of hydrogen-bond acceptors (Lipinski definition) is 3. The Morgan fingerprint density at radius 2 is 2.20 bits per heavy atom. The normalized spacial score (nSPS) is 20.8. The van der Waals surface area contributed by atoms with Gasteiger partial charge in [0, 0.05) is 16.1 Å². The first-order valence-electron chi connectivity index (χ1n) is 4.74. The van der Waals surface area contributed by atoms with Crippen molar-refractivity contribution in [2.45, 2.75) is 18.9 Å². The van der Waals surface area contributed by atoms with Crippen LogP contribution in [0.4, 0.5) is 4.39 Å². The van der Waals surface area contributed by atoms with Crippen LogP contribution in [0.5, 0.6) is 11.5 Å². The molecule has 0 spiro atoms. The predicted molar refractivity (Wildman–Crippen MR) is 57.4 cm³/mol. The summed E-state index contributed by atoms with van der Waals surface area (Å²) >= 11 is 3.19. The minimum atomic E-state index is -0.749. The fraction of sp³-hybridized carbons (Fsp3) is 0.400. The minimum absolute atomic E-state index is 0.0918. The van der Waals surface area contributed by atoms with Gasteiger partial charge in [0.2, 0.25) is 0 Å². The molecule has 82 valence electrons. The maximum absolute atomic E-state index is 13.7. The highest BCUT2D eigenvalue weighted by atomic mass is 79.9. The van der Waals surface area contributed by atoms with Gasteiger partial charge in [-0.25, -0.2) is 4.39 Å². The van der Waals surface area contributed by atoms with Gasteiger partial charge in [-0.15, -0.1) is 0 Å². The number of halogens is 2. The van der Waals surface area contributed by atoms with Gasteiger partial charge in [-0.1, -0.05) is 15.9 Å². The van der Waals surface area contributed by atoms with E-state index in [0.717, 1.165) is 19.4 Å². The van der Waals surface area contributed by atoms with Crippen molar-refractivity contribution in [1.29, 1.82) is 0 Å². The van der Waals surface area contributed by atoms with E-state index in [0.29, 0.717) is 10.0 Å². The Balaban J connectivity index is 2.50. The molecule has 0 aliphatic carbocycles. The van der Waals surface area contributed by atoms with Crippen LogP contribution in [0, 0.1) is 5.82 Å². The third-order valence-electron chi connectivity index (χ3n) is 2.62. The van der Waals surface area contributed by atoms with Gasteiger partial charge in [-0.2, -0.15) is 0 Å². The number of benzene rings is 1. The molecular formula is C10H11BrFNO2. The smallest absolute Gasteiger partial charge is 0.194 e. The van der Waals surface area contributed by atoms with Gasteiger partial charge in [-0.05, 0) is 25.5 Å². The van der Waals surface area contributed by atoms with Crippen molar-refractivity contribution < 1.29 is 14.6 Å². The van der Waals surface area contributed by atoms with Gasteiger partial charge < -0.3 is 15.5 Å². The first-order valence-corrected chi connectivity index (χ1v) is 5.53. The third kappa shape index (κ3) is 1.81. The van der Waals surface area contributed by atoms with Crippen molar-refractivity contribution in [3.05, 3.63) is 21.9 Å². The molecule has 1 atom stereocenters. The largest absolute Gasteiger partial charge is 0.504 e. The summed E-state index contributed by atoms with van der Waals surface area (Å²) in [6.07, 6.45) is 1.82. The molecule has 0 saturated carbocycles. The molecular weight excluding hydrogens is 265 g/mol. The van der Waals surface area contributed by atoms with Crippen LogP contribution in [0.1, 0.15) is 24.4 Å². The molecule has 0 radical (unpaired) electrons. The number of phenols is 2. The Morgan fingerprint density at radius 1 is 1.47 bits per heavy atom. The molecule has 0 amide bonds. The highest BCUT2D eigenvalue weighted by molar-refractivity contribution is 9.10. The number of phenolic OH excluding ortho intramolecular Hbond substituents is 2. The van der Waals surface area contributed by atoms with E-state index >= 15 is 0 Å². The molecule has 5 heteroatoms. The molecule has 1 aromatic rings. The molecule has 1 heterocycles. The van der Waals surface area contributed by atoms with E-state index in [1.54, 1.807) is 0 Å². The van der Waals surface area contributed by atoms with Crippen LogP contribution in [-0.4, -0.2) is 16.8 Å². The Labute approximate surface area is 95.1 Å². The first-order chi connectivity index (χ1) is 7.11. The van der Waals surface area contributed by atoms with Crippen LogP contribution >= 0.6 is 15.9 Å². The molecule has 3 N–H and O–H groups in total. The maximum atomic E-state index is 13.7. The van der Waals surface area contributed by atoms with E-state index < -0.39 is 17.3 Å². The molecule has 0 bridgehead atoms. The number of rotatable bonds is 1. The maximum Gasteiger partial charge on any atom is 0.194 e. The van der Waals surface area contributed by atoms with E-state index in [9.17, 15) is 14.6 Å². The zero-order valence-corrected chi connectivity index (χ0v) is 9.51. The van der Waals surface area contributed by atoms with Crippen LogP contribution in [0.25, 0.3) is 0 Å². The molecule has 1 saturated heterocycles. The van der Waals surface area contributed by atoms with Crippen LogP contribution in [-0.2, 0) is 0 Å².